The molecule has 1 heterocycles. The fourth-order valence-corrected chi connectivity index (χ4v) is 1.69. The summed E-state index contributed by atoms with van der Waals surface area (Å²) in [4.78, 5) is 25.7. The van der Waals surface area contributed by atoms with Gasteiger partial charge in [-0.2, -0.15) is 5.26 Å². The number of hydrogen-bond acceptors (Lipinski definition) is 3. The summed E-state index contributed by atoms with van der Waals surface area (Å²) in [6.45, 7) is 0.392. The van der Waals surface area contributed by atoms with Crippen molar-refractivity contribution in [3.8, 4) is 6.07 Å². The molecule has 0 radical (unpaired) electrons. The first-order valence-corrected chi connectivity index (χ1v) is 5.16. The average molecular weight is 229 g/mol. The monoisotopic (exact) mass is 229 g/mol. The fourth-order valence-electron chi connectivity index (χ4n) is 1.69. The Kier molecular flexibility index (Phi) is 2.79. The Hall–Kier alpha value is -2.35. The van der Waals surface area contributed by atoms with Gasteiger partial charge in [0.15, 0.2) is 0 Å². The van der Waals surface area contributed by atoms with Crippen LogP contribution >= 0.6 is 0 Å². The topological polar surface area (TPSA) is 64.4 Å². The predicted molar refractivity (Wildman–Crippen MR) is 59.7 cm³/mol. The van der Waals surface area contributed by atoms with Crippen molar-refractivity contribution in [3.05, 3.63) is 35.4 Å². The van der Waals surface area contributed by atoms with E-state index in [0.29, 0.717) is 5.56 Å². The first-order valence-electron chi connectivity index (χ1n) is 5.16. The third-order valence-corrected chi connectivity index (χ3v) is 2.65. The lowest BCUT2D eigenvalue weighted by molar-refractivity contribution is -0.125. The van der Waals surface area contributed by atoms with Crippen molar-refractivity contribution in [3.63, 3.8) is 0 Å². The molecule has 5 nitrogen and oxygen atoms in total. The molecular weight excluding hydrogens is 218 g/mol. The van der Waals surface area contributed by atoms with Crippen LogP contribution in [0, 0.1) is 11.3 Å². The van der Waals surface area contributed by atoms with E-state index < -0.39 is 0 Å². The number of hydrogen-bond donors (Lipinski definition) is 0. The maximum Gasteiger partial charge on any atom is 0.327 e. The lowest BCUT2D eigenvalue weighted by Crippen LogP contribution is -2.30. The number of carbonyl (C=O) groups is 2. The van der Waals surface area contributed by atoms with Gasteiger partial charge in [0.05, 0.1) is 18.2 Å². The van der Waals surface area contributed by atoms with Gasteiger partial charge in [0.1, 0.15) is 6.54 Å². The normalized spacial score (nSPS) is 15.3. The lowest BCUT2D eigenvalue weighted by atomic mass is 10.1. The smallest absolute Gasteiger partial charge is 0.318 e. The van der Waals surface area contributed by atoms with Crippen LogP contribution in [-0.4, -0.2) is 35.3 Å². The summed E-state index contributed by atoms with van der Waals surface area (Å²) in [6, 6.07) is 8.57. The minimum atomic E-state index is -0.278. The molecule has 0 atom stereocenters. The number of imide groups is 1. The lowest BCUT2D eigenvalue weighted by Gasteiger charge is -2.13. The van der Waals surface area contributed by atoms with E-state index in [1.165, 1.54) is 9.80 Å². The van der Waals surface area contributed by atoms with E-state index in [-0.39, 0.29) is 25.0 Å². The van der Waals surface area contributed by atoms with E-state index in [4.69, 9.17) is 5.26 Å². The van der Waals surface area contributed by atoms with Crippen molar-refractivity contribution < 1.29 is 9.59 Å². The first-order chi connectivity index (χ1) is 8.11. The SMILES string of the molecule is CN1CC(=O)N(Cc2ccc(C#N)cc2)C1=O. The molecule has 1 aromatic rings. The number of carbonyl (C=O) groups excluding carboxylic acids is 2. The van der Waals surface area contributed by atoms with Gasteiger partial charge in [-0.25, -0.2) is 4.79 Å². The minimum absolute atomic E-state index is 0.134. The molecular formula is C12H11N3O2. The van der Waals surface area contributed by atoms with Crippen LogP contribution in [0.1, 0.15) is 11.1 Å². The predicted octanol–water partition coefficient (Wildman–Crippen LogP) is 0.952. The fraction of sp³-hybridized carbons (Fsp3) is 0.250. The molecule has 0 N–H and O–H groups in total. The molecule has 0 spiro atoms. The second kappa shape index (κ2) is 4.26. The van der Waals surface area contributed by atoms with Gasteiger partial charge < -0.3 is 4.90 Å². The summed E-state index contributed by atoms with van der Waals surface area (Å²) < 4.78 is 0. The van der Waals surface area contributed by atoms with Gasteiger partial charge in [0.25, 0.3) is 5.91 Å². The highest BCUT2D eigenvalue weighted by molar-refractivity contribution is 6.01. The Balaban J connectivity index is 2.13. The van der Waals surface area contributed by atoms with Crippen molar-refractivity contribution >= 4 is 11.9 Å². The molecule has 5 heteroatoms. The molecule has 0 unspecified atom stereocenters. The number of urea groups is 1. The third kappa shape index (κ3) is 2.11. The molecule has 3 amide bonds. The van der Waals surface area contributed by atoms with Gasteiger partial charge >= 0.3 is 6.03 Å². The highest BCUT2D eigenvalue weighted by atomic mass is 16.2. The zero-order valence-corrected chi connectivity index (χ0v) is 9.38. The minimum Gasteiger partial charge on any atom is -0.318 e. The van der Waals surface area contributed by atoms with E-state index in [9.17, 15) is 9.59 Å². The Morgan fingerprint density at radius 3 is 2.41 bits per heavy atom. The molecule has 1 fully saturated rings. The molecule has 0 aliphatic carbocycles. The van der Waals surface area contributed by atoms with Crippen LogP contribution < -0.4 is 0 Å². The summed E-state index contributed by atoms with van der Waals surface area (Å²) in [6.07, 6.45) is 0. The number of benzene rings is 1. The van der Waals surface area contributed by atoms with E-state index in [0.717, 1.165) is 5.56 Å². The zero-order valence-electron chi connectivity index (χ0n) is 9.38. The summed E-state index contributed by atoms with van der Waals surface area (Å²) in [5.74, 6) is -0.193. The van der Waals surface area contributed by atoms with E-state index in [1.807, 2.05) is 6.07 Å². The molecule has 1 saturated heterocycles. The molecule has 86 valence electrons. The molecule has 0 aromatic heterocycles. The first kappa shape index (κ1) is 11.1. The summed E-state index contributed by atoms with van der Waals surface area (Å²) >= 11 is 0. The zero-order chi connectivity index (χ0) is 12.4. The second-order valence-corrected chi connectivity index (χ2v) is 3.93. The maximum atomic E-state index is 11.6. The molecule has 1 aromatic carbocycles. The van der Waals surface area contributed by atoms with E-state index in [2.05, 4.69) is 0 Å². The standard InChI is InChI=1S/C12H11N3O2/c1-14-8-11(16)15(12(14)17)7-10-4-2-9(6-13)3-5-10/h2-5H,7-8H2,1H3. The molecule has 1 aliphatic heterocycles. The van der Waals surface area contributed by atoms with Gasteiger partial charge in [-0.05, 0) is 17.7 Å². The number of rotatable bonds is 2. The molecule has 17 heavy (non-hydrogen) atoms. The van der Waals surface area contributed by atoms with Crippen molar-refractivity contribution in [1.82, 2.24) is 9.80 Å². The number of nitrogens with zero attached hydrogens (tertiary/aromatic N) is 3. The Labute approximate surface area is 98.9 Å². The van der Waals surface area contributed by atoms with Crippen LogP contribution in [0.25, 0.3) is 0 Å². The Morgan fingerprint density at radius 1 is 1.29 bits per heavy atom. The molecule has 2 rings (SSSR count). The van der Waals surface area contributed by atoms with E-state index >= 15 is 0 Å². The molecule has 1 aliphatic rings. The second-order valence-electron chi connectivity index (χ2n) is 3.93. The van der Waals surface area contributed by atoms with Crippen molar-refractivity contribution in [2.24, 2.45) is 0 Å². The number of likely N-dealkylation sites (N-methyl/N-ethyl adjacent to an activating group) is 1. The van der Waals surface area contributed by atoms with Crippen LogP contribution in [0.15, 0.2) is 24.3 Å². The molecule has 0 saturated carbocycles. The largest absolute Gasteiger partial charge is 0.327 e. The van der Waals surface area contributed by atoms with Crippen molar-refractivity contribution in [2.75, 3.05) is 13.6 Å². The molecule has 0 bridgehead atoms. The van der Waals surface area contributed by atoms with Gasteiger partial charge in [-0.3, -0.25) is 9.69 Å². The highest BCUT2D eigenvalue weighted by Crippen LogP contribution is 2.13. The Morgan fingerprint density at radius 2 is 1.94 bits per heavy atom. The summed E-state index contributed by atoms with van der Waals surface area (Å²) in [5.41, 5.74) is 1.39. The van der Waals surface area contributed by atoms with Crippen LogP contribution in [0.5, 0.6) is 0 Å². The van der Waals surface area contributed by atoms with Gasteiger partial charge in [-0.15, -0.1) is 0 Å². The summed E-state index contributed by atoms with van der Waals surface area (Å²) in [5, 5.41) is 8.66. The van der Waals surface area contributed by atoms with Crippen LogP contribution in [0.4, 0.5) is 4.79 Å². The van der Waals surface area contributed by atoms with Crippen LogP contribution in [0.2, 0.25) is 0 Å². The van der Waals surface area contributed by atoms with Crippen molar-refractivity contribution in [1.29, 1.82) is 5.26 Å². The van der Waals surface area contributed by atoms with Gasteiger partial charge in [-0.1, -0.05) is 12.1 Å². The van der Waals surface area contributed by atoms with Crippen molar-refractivity contribution in [2.45, 2.75) is 6.54 Å². The quantitative estimate of drug-likeness (QED) is 0.709. The van der Waals surface area contributed by atoms with Crippen LogP contribution in [0.3, 0.4) is 0 Å². The maximum absolute atomic E-state index is 11.6. The van der Waals surface area contributed by atoms with E-state index in [1.54, 1.807) is 31.3 Å². The van der Waals surface area contributed by atoms with Crippen LogP contribution in [-0.2, 0) is 11.3 Å². The Bertz CT molecular complexity index is 501. The van der Waals surface area contributed by atoms with Gasteiger partial charge in [0.2, 0.25) is 0 Å². The van der Waals surface area contributed by atoms with Gasteiger partial charge in [0, 0.05) is 7.05 Å². The number of nitriles is 1. The highest BCUT2D eigenvalue weighted by Gasteiger charge is 2.33. The summed E-state index contributed by atoms with van der Waals surface area (Å²) in [7, 11) is 1.60. The average Bonchev–Trinajstić information content (AvgIpc) is 2.57. The third-order valence-electron chi connectivity index (χ3n) is 2.65. The number of amides is 3.